The predicted molar refractivity (Wildman–Crippen MR) is 109 cm³/mol. The molecule has 12 nitrogen and oxygen atoms in total. The van der Waals surface area contributed by atoms with Gasteiger partial charge in [0.05, 0.1) is 12.1 Å². The van der Waals surface area contributed by atoms with Crippen LogP contribution in [0.4, 0.5) is 0 Å². The Labute approximate surface area is 178 Å². The van der Waals surface area contributed by atoms with Gasteiger partial charge in [-0.05, 0) is 38.7 Å². The molecule has 0 aromatic rings. The fourth-order valence-electron chi connectivity index (χ4n) is 2.23. The van der Waals surface area contributed by atoms with E-state index in [-0.39, 0.29) is 6.42 Å². The predicted octanol–water partition coefficient (Wildman–Crippen LogP) is -2.13. The summed E-state index contributed by atoms with van der Waals surface area (Å²) in [5.74, 6) is -4.39. The Kier molecular flexibility index (Phi) is 12.7. The number of carbonyl (C=O) groups is 5. The van der Waals surface area contributed by atoms with Gasteiger partial charge in [0.25, 0.3) is 0 Å². The lowest BCUT2D eigenvalue weighted by atomic mass is 10.1. The summed E-state index contributed by atoms with van der Waals surface area (Å²) in [6.07, 6.45) is 0.000537. The molecule has 0 radical (unpaired) electrons. The Balaban J connectivity index is 4.97. The SMILES string of the molecule is CSCCC(N)C(=O)NC(C)C(=O)NC(C(=O)NC(CCC(=O)O)C(=O)O)C(C)O. The topological polar surface area (TPSA) is 208 Å². The van der Waals surface area contributed by atoms with Crippen molar-refractivity contribution < 1.29 is 39.3 Å². The third kappa shape index (κ3) is 10.4. The minimum absolute atomic E-state index is 0.378. The molecule has 0 aliphatic carbocycles. The fourth-order valence-corrected chi connectivity index (χ4v) is 2.72. The first-order chi connectivity index (χ1) is 13.9. The van der Waals surface area contributed by atoms with Crippen LogP contribution in [0.15, 0.2) is 0 Å². The Morgan fingerprint density at radius 2 is 1.53 bits per heavy atom. The average molecular weight is 451 g/mol. The highest BCUT2D eigenvalue weighted by molar-refractivity contribution is 7.98. The summed E-state index contributed by atoms with van der Waals surface area (Å²) in [6, 6.07) is -4.92. The number of amides is 3. The summed E-state index contributed by atoms with van der Waals surface area (Å²) in [5.41, 5.74) is 5.72. The van der Waals surface area contributed by atoms with Gasteiger partial charge in [-0.2, -0.15) is 11.8 Å². The molecule has 0 saturated carbocycles. The summed E-state index contributed by atoms with van der Waals surface area (Å²) >= 11 is 1.51. The van der Waals surface area contributed by atoms with E-state index in [0.29, 0.717) is 12.2 Å². The first-order valence-electron chi connectivity index (χ1n) is 9.19. The maximum absolute atomic E-state index is 12.3. The molecule has 13 heteroatoms. The molecule has 0 rings (SSSR count). The van der Waals surface area contributed by atoms with Gasteiger partial charge in [-0.3, -0.25) is 19.2 Å². The van der Waals surface area contributed by atoms with Crippen molar-refractivity contribution in [1.29, 1.82) is 0 Å². The molecule has 5 atom stereocenters. The first-order valence-corrected chi connectivity index (χ1v) is 10.6. The van der Waals surface area contributed by atoms with Crippen molar-refractivity contribution in [2.75, 3.05) is 12.0 Å². The van der Waals surface area contributed by atoms with Gasteiger partial charge in [-0.25, -0.2) is 4.79 Å². The summed E-state index contributed by atoms with van der Waals surface area (Å²) < 4.78 is 0. The number of thioether (sulfide) groups is 1. The average Bonchev–Trinajstić information content (AvgIpc) is 2.65. The number of aliphatic hydroxyl groups excluding tert-OH is 1. The smallest absolute Gasteiger partial charge is 0.326 e. The number of rotatable bonds is 14. The van der Waals surface area contributed by atoms with Crippen LogP contribution in [0.25, 0.3) is 0 Å². The van der Waals surface area contributed by atoms with Gasteiger partial charge in [0.1, 0.15) is 18.1 Å². The van der Waals surface area contributed by atoms with Crippen molar-refractivity contribution in [3.8, 4) is 0 Å². The van der Waals surface area contributed by atoms with E-state index in [4.69, 9.17) is 15.9 Å². The van der Waals surface area contributed by atoms with Crippen LogP contribution in [0.1, 0.15) is 33.1 Å². The zero-order valence-electron chi connectivity index (χ0n) is 17.1. The van der Waals surface area contributed by atoms with E-state index in [1.54, 1.807) is 0 Å². The lowest BCUT2D eigenvalue weighted by molar-refractivity contribution is -0.144. The highest BCUT2D eigenvalue weighted by atomic mass is 32.2. The molecule has 3 amide bonds. The Bertz CT molecular complexity index is 631. The first kappa shape index (κ1) is 27.6. The van der Waals surface area contributed by atoms with E-state index < -0.39 is 66.4 Å². The van der Waals surface area contributed by atoms with Crippen molar-refractivity contribution in [2.45, 2.75) is 63.4 Å². The van der Waals surface area contributed by atoms with Crippen LogP contribution in [0, 0.1) is 0 Å². The third-order valence-electron chi connectivity index (χ3n) is 4.05. The molecule has 0 aromatic heterocycles. The molecule has 5 unspecified atom stereocenters. The Morgan fingerprint density at radius 3 is 2.00 bits per heavy atom. The molecular formula is C17H30N4O8S. The normalized spacial score (nSPS) is 15.8. The highest BCUT2D eigenvalue weighted by Gasteiger charge is 2.31. The molecule has 30 heavy (non-hydrogen) atoms. The number of aliphatic carboxylic acids is 2. The van der Waals surface area contributed by atoms with Crippen LogP contribution in [0.3, 0.4) is 0 Å². The number of hydrogen-bond donors (Lipinski definition) is 7. The molecule has 0 aromatic carbocycles. The fraction of sp³-hybridized carbons (Fsp3) is 0.706. The molecule has 0 bridgehead atoms. The van der Waals surface area contributed by atoms with Crippen LogP contribution in [0.2, 0.25) is 0 Å². The highest BCUT2D eigenvalue weighted by Crippen LogP contribution is 2.03. The van der Waals surface area contributed by atoms with E-state index in [1.807, 2.05) is 6.26 Å². The van der Waals surface area contributed by atoms with Crippen molar-refractivity contribution >= 4 is 41.4 Å². The number of carboxylic acid groups (broad SMARTS) is 2. The molecule has 8 N–H and O–H groups in total. The summed E-state index contributed by atoms with van der Waals surface area (Å²) in [7, 11) is 0. The van der Waals surface area contributed by atoms with Crippen LogP contribution < -0.4 is 21.7 Å². The van der Waals surface area contributed by atoms with Gasteiger partial charge < -0.3 is 37.0 Å². The molecule has 172 valence electrons. The van der Waals surface area contributed by atoms with Crippen LogP contribution in [-0.2, 0) is 24.0 Å². The van der Waals surface area contributed by atoms with Crippen LogP contribution in [-0.4, -0.2) is 87.3 Å². The van der Waals surface area contributed by atoms with Gasteiger partial charge in [0.2, 0.25) is 17.7 Å². The zero-order chi connectivity index (χ0) is 23.4. The molecule has 0 aliphatic rings. The number of aliphatic hydroxyl groups is 1. The third-order valence-corrected chi connectivity index (χ3v) is 4.69. The van der Waals surface area contributed by atoms with E-state index in [2.05, 4.69) is 16.0 Å². The number of nitrogens with one attached hydrogen (secondary N) is 3. The van der Waals surface area contributed by atoms with Gasteiger partial charge in [-0.1, -0.05) is 0 Å². The van der Waals surface area contributed by atoms with Gasteiger partial charge in [-0.15, -0.1) is 0 Å². The van der Waals surface area contributed by atoms with E-state index in [0.717, 1.165) is 0 Å². The van der Waals surface area contributed by atoms with Crippen molar-refractivity contribution in [1.82, 2.24) is 16.0 Å². The largest absolute Gasteiger partial charge is 0.481 e. The number of hydrogen-bond acceptors (Lipinski definition) is 8. The second-order valence-electron chi connectivity index (χ2n) is 6.68. The molecule has 0 heterocycles. The molecular weight excluding hydrogens is 420 g/mol. The van der Waals surface area contributed by atoms with Gasteiger partial charge in [0.15, 0.2) is 0 Å². The summed E-state index contributed by atoms with van der Waals surface area (Å²) in [6.45, 7) is 2.57. The second-order valence-corrected chi connectivity index (χ2v) is 7.66. The summed E-state index contributed by atoms with van der Waals surface area (Å²) in [4.78, 5) is 58.5. The molecule has 0 spiro atoms. The monoisotopic (exact) mass is 450 g/mol. The molecule has 0 fully saturated rings. The Hall–Kier alpha value is -2.38. The number of carbonyl (C=O) groups excluding carboxylic acids is 3. The standard InChI is InChI=1S/C17H30N4O8S/c1-8(19-15(26)10(18)6-7-30-3)14(25)21-13(9(2)22)16(27)20-11(17(28)29)4-5-12(23)24/h8-11,13,22H,4-7,18H2,1-3H3,(H,19,26)(H,20,27)(H,21,25)(H,23,24)(H,28,29). The van der Waals surface area contributed by atoms with Gasteiger partial charge >= 0.3 is 11.9 Å². The number of nitrogens with two attached hydrogens (primary N) is 1. The zero-order valence-corrected chi connectivity index (χ0v) is 17.9. The maximum Gasteiger partial charge on any atom is 0.326 e. The van der Waals surface area contributed by atoms with Crippen molar-refractivity contribution in [2.24, 2.45) is 5.73 Å². The second kappa shape index (κ2) is 13.8. The van der Waals surface area contributed by atoms with Gasteiger partial charge in [0, 0.05) is 6.42 Å². The lowest BCUT2D eigenvalue weighted by Gasteiger charge is -2.25. The Morgan fingerprint density at radius 1 is 0.933 bits per heavy atom. The maximum atomic E-state index is 12.3. The minimum Gasteiger partial charge on any atom is -0.481 e. The number of carboxylic acids is 2. The molecule has 0 saturated heterocycles. The molecule has 0 aliphatic heterocycles. The minimum atomic E-state index is -1.52. The van der Waals surface area contributed by atoms with Crippen LogP contribution >= 0.6 is 11.8 Å². The van der Waals surface area contributed by atoms with E-state index in [9.17, 15) is 29.1 Å². The van der Waals surface area contributed by atoms with Crippen molar-refractivity contribution in [3.63, 3.8) is 0 Å². The van der Waals surface area contributed by atoms with Crippen molar-refractivity contribution in [3.05, 3.63) is 0 Å². The quantitative estimate of drug-likeness (QED) is 0.153. The van der Waals surface area contributed by atoms with Crippen LogP contribution in [0.5, 0.6) is 0 Å². The van der Waals surface area contributed by atoms with E-state index >= 15 is 0 Å². The lowest BCUT2D eigenvalue weighted by Crippen LogP contribution is -2.59. The van der Waals surface area contributed by atoms with E-state index in [1.165, 1.54) is 25.6 Å². The summed E-state index contributed by atoms with van der Waals surface area (Å²) in [5, 5.41) is 34.4.